The van der Waals surface area contributed by atoms with Crippen LogP contribution in [0.4, 0.5) is 5.13 Å². The molecule has 0 fully saturated rings. The number of hydrogen-bond acceptors (Lipinski definition) is 5. The minimum Gasteiger partial charge on any atom is -0.340 e. The van der Waals surface area contributed by atoms with Gasteiger partial charge in [-0.05, 0) is 24.1 Å². The van der Waals surface area contributed by atoms with E-state index in [2.05, 4.69) is 27.5 Å². The van der Waals surface area contributed by atoms with Crippen LogP contribution in [0.25, 0.3) is 0 Å². The third-order valence-corrected chi connectivity index (χ3v) is 4.92. The first-order valence-corrected chi connectivity index (χ1v) is 10.0. The third-order valence-electron chi connectivity index (χ3n) is 4.12. The summed E-state index contributed by atoms with van der Waals surface area (Å²) in [5.74, 6) is -0.631. The largest absolute Gasteiger partial charge is 0.340 e. The van der Waals surface area contributed by atoms with Crippen molar-refractivity contribution in [1.29, 1.82) is 0 Å². The lowest BCUT2D eigenvalue weighted by Crippen LogP contribution is -2.45. The Morgan fingerprint density at radius 1 is 1.14 bits per heavy atom. The molecule has 0 bridgehead atoms. The van der Waals surface area contributed by atoms with Crippen LogP contribution in [0.3, 0.4) is 0 Å². The van der Waals surface area contributed by atoms with E-state index in [9.17, 15) is 9.59 Å². The fourth-order valence-electron chi connectivity index (χ4n) is 2.73. The lowest BCUT2D eigenvalue weighted by Gasteiger charge is -2.18. The zero-order valence-electron chi connectivity index (χ0n) is 15.6. The van der Waals surface area contributed by atoms with Gasteiger partial charge in [0.05, 0.1) is 11.3 Å². The van der Waals surface area contributed by atoms with Crippen molar-refractivity contribution in [1.82, 2.24) is 15.3 Å². The summed E-state index contributed by atoms with van der Waals surface area (Å²) in [6.45, 7) is 2.08. The van der Waals surface area contributed by atoms with Gasteiger partial charge in [0, 0.05) is 24.2 Å². The fraction of sp³-hybridized carbons (Fsp3) is 0.238. The lowest BCUT2D eigenvalue weighted by molar-refractivity contribution is -0.118. The van der Waals surface area contributed by atoms with Crippen LogP contribution in [-0.2, 0) is 17.6 Å². The highest BCUT2D eigenvalue weighted by atomic mass is 32.1. The zero-order chi connectivity index (χ0) is 19.8. The molecule has 0 aliphatic rings. The van der Waals surface area contributed by atoms with E-state index in [1.807, 2.05) is 35.7 Å². The van der Waals surface area contributed by atoms with Gasteiger partial charge in [0.25, 0.3) is 5.91 Å². The van der Waals surface area contributed by atoms with Crippen molar-refractivity contribution in [3.05, 3.63) is 77.1 Å². The van der Waals surface area contributed by atoms with E-state index >= 15 is 0 Å². The molecule has 3 rings (SSSR count). The Bertz CT molecular complexity index is 912. The number of aromatic nitrogens is 2. The van der Waals surface area contributed by atoms with Crippen molar-refractivity contribution in [3.8, 4) is 0 Å². The number of carbonyl (C=O) groups excluding carboxylic acids is 2. The predicted molar refractivity (Wildman–Crippen MR) is 110 cm³/mol. The summed E-state index contributed by atoms with van der Waals surface area (Å²) >= 11 is 1.39. The number of hydrogen-bond donors (Lipinski definition) is 2. The number of anilines is 1. The van der Waals surface area contributed by atoms with E-state index in [4.69, 9.17) is 0 Å². The van der Waals surface area contributed by atoms with Gasteiger partial charge < -0.3 is 10.6 Å². The first kappa shape index (κ1) is 19.7. The average Bonchev–Trinajstić information content (AvgIpc) is 3.16. The van der Waals surface area contributed by atoms with E-state index in [1.54, 1.807) is 18.3 Å². The molecular formula is C21H22N4O2S. The van der Waals surface area contributed by atoms with Crippen LogP contribution in [0.2, 0.25) is 0 Å². The van der Waals surface area contributed by atoms with Crippen molar-refractivity contribution >= 4 is 28.3 Å². The number of rotatable bonds is 8. The highest BCUT2D eigenvalue weighted by Crippen LogP contribution is 2.17. The summed E-state index contributed by atoms with van der Waals surface area (Å²) in [7, 11) is 0. The molecule has 2 heterocycles. The van der Waals surface area contributed by atoms with Crippen LogP contribution in [0.5, 0.6) is 0 Å². The first-order valence-electron chi connectivity index (χ1n) is 9.15. The van der Waals surface area contributed by atoms with E-state index in [-0.39, 0.29) is 11.8 Å². The van der Waals surface area contributed by atoms with Gasteiger partial charge in [-0.15, -0.1) is 11.3 Å². The summed E-state index contributed by atoms with van der Waals surface area (Å²) < 4.78 is 0. The molecule has 0 saturated carbocycles. The number of thiazole rings is 1. The molecule has 0 aliphatic carbocycles. The second kappa shape index (κ2) is 9.75. The maximum absolute atomic E-state index is 12.9. The molecule has 0 spiro atoms. The van der Waals surface area contributed by atoms with Crippen LogP contribution in [0.1, 0.15) is 35.0 Å². The number of nitrogens with zero attached hydrogens (tertiary/aromatic N) is 2. The van der Waals surface area contributed by atoms with Crippen molar-refractivity contribution in [2.75, 3.05) is 5.32 Å². The summed E-state index contributed by atoms with van der Waals surface area (Å²) in [4.78, 5) is 33.8. The molecule has 1 unspecified atom stereocenters. The quantitative estimate of drug-likeness (QED) is 0.613. The topological polar surface area (TPSA) is 84.0 Å². The van der Waals surface area contributed by atoms with Gasteiger partial charge in [-0.25, -0.2) is 4.98 Å². The Kier molecular flexibility index (Phi) is 6.86. The molecular weight excluding hydrogens is 372 g/mol. The monoisotopic (exact) mass is 394 g/mol. The van der Waals surface area contributed by atoms with Gasteiger partial charge in [-0.1, -0.05) is 43.7 Å². The summed E-state index contributed by atoms with van der Waals surface area (Å²) in [5.41, 5.74) is 2.33. The number of benzene rings is 1. The maximum Gasteiger partial charge on any atom is 0.253 e. The maximum atomic E-state index is 12.9. The van der Waals surface area contributed by atoms with Crippen molar-refractivity contribution in [3.63, 3.8) is 0 Å². The van der Waals surface area contributed by atoms with Gasteiger partial charge in [0.2, 0.25) is 5.91 Å². The minimum absolute atomic E-state index is 0.293. The fourth-order valence-corrected chi connectivity index (χ4v) is 3.47. The second-order valence-electron chi connectivity index (χ2n) is 6.34. The van der Waals surface area contributed by atoms with Crippen LogP contribution < -0.4 is 10.6 Å². The molecule has 1 atom stereocenters. The van der Waals surface area contributed by atoms with E-state index in [0.717, 1.165) is 24.1 Å². The summed E-state index contributed by atoms with van der Waals surface area (Å²) in [5, 5.41) is 8.14. The second-order valence-corrected chi connectivity index (χ2v) is 7.20. The Morgan fingerprint density at radius 3 is 2.68 bits per heavy atom. The van der Waals surface area contributed by atoms with Gasteiger partial charge in [-0.2, -0.15) is 0 Å². The van der Waals surface area contributed by atoms with Crippen molar-refractivity contribution < 1.29 is 9.59 Å². The van der Waals surface area contributed by atoms with E-state index in [1.165, 1.54) is 17.5 Å². The normalized spacial score (nSPS) is 11.6. The Hall–Kier alpha value is -3.06. The molecule has 2 N–H and O–H groups in total. The number of carbonyl (C=O) groups is 2. The Labute approximate surface area is 168 Å². The van der Waals surface area contributed by atoms with E-state index in [0.29, 0.717) is 17.1 Å². The van der Waals surface area contributed by atoms with Crippen LogP contribution in [0, 0.1) is 0 Å². The summed E-state index contributed by atoms with van der Waals surface area (Å²) in [6, 6.07) is 12.2. The highest BCUT2D eigenvalue weighted by Gasteiger charge is 2.23. The SMILES string of the molecule is CCCc1csc(NC(=O)C(Cc2ccccc2)NC(=O)c2cccnc2)n1. The molecule has 0 saturated heterocycles. The van der Waals surface area contributed by atoms with Crippen LogP contribution in [0.15, 0.2) is 60.2 Å². The van der Waals surface area contributed by atoms with Gasteiger partial charge in [0.1, 0.15) is 6.04 Å². The number of pyridine rings is 1. The number of amides is 2. The molecule has 3 aromatic rings. The number of aryl methyl sites for hydroxylation is 1. The van der Waals surface area contributed by atoms with Crippen molar-refractivity contribution in [2.45, 2.75) is 32.2 Å². The molecule has 0 aliphatic heterocycles. The van der Waals surface area contributed by atoms with Gasteiger partial charge in [0.15, 0.2) is 5.13 Å². The minimum atomic E-state index is -0.728. The highest BCUT2D eigenvalue weighted by molar-refractivity contribution is 7.13. The molecule has 2 aromatic heterocycles. The molecule has 7 heteroatoms. The molecule has 2 amide bonds. The summed E-state index contributed by atoms with van der Waals surface area (Å²) in [6.07, 6.45) is 5.32. The predicted octanol–water partition coefficient (Wildman–Crippen LogP) is 3.47. The number of nitrogens with one attached hydrogen (secondary N) is 2. The zero-order valence-corrected chi connectivity index (χ0v) is 16.4. The van der Waals surface area contributed by atoms with Crippen LogP contribution >= 0.6 is 11.3 Å². The standard InChI is InChI=1S/C21H22N4O2S/c1-2-7-17-14-28-21(23-17)25-20(27)18(12-15-8-4-3-5-9-15)24-19(26)16-10-6-11-22-13-16/h3-6,8-11,13-14,18H,2,7,12H2,1H3,(H,24,26)(H,23,25,27). The van der Waals surface area contributed by atoms with Crippen molar-refractivity contribution in [2.24, 2.45) is 0 Å². The smallest absolute Gasteiger partial charge is 0.253 e. The van der Waals surface area contributed by atoms with Crippen LogP contribution in [-0.4, -0.2) is 27.8 Å². The van der Waals surface area contributed by atoms with Gasteiger partial charge in [-0.3, -0.25) is 14.6 Å². The third kappa shape index (κ3) is 5.47. The lowest BCUT2D eigenvalue weighted by atomic mass is 10.0. The first-order chi connectivity index (χ1) is 13.7. The van der Waals surface area contributed by atoms with E-state index < -0.39 is 6.04 Å². The Morgan fingerprint density at radius 2 is 1.96 bits per heavy atom. The molecule has 28 heavy (non-hydrogen) atoms. The van der Waals surface area contributed by atoms with Gasteiger partial charge >= 0.3 is 0 Å². The molecule has 1 aromatic carbocycles. The molecule has 144 valence electrons. The average molecular weight is 395 g/mol. The molecule has 0 radical (unpaired) electrons. The Balaban J connectivity index is 1.74. The molecule has 6 nitrogen and oxygen atoms in total.